The zero-order valence-electron chi connectivity index (χ0n) is 10.9. The number of hydrogen-bond acceptors (Lipinski definition) is 2. The third-order valence-corrected chi connectivity index (χ3v) is 3.18. The largest absolute Gasteiger partial charge is 0.363 e. The van der Waals surface area contributed by atoms with Crippen molar-refractivity contribution in [1.82, 2.24) is 0 Å². The fourth-order valence-electron chi connectivity index (χ4n) is 1.95. The van der Waals surface area contributed by atoms with Crippen LogP contribution in [0, 0.1) is 5.41 Å². The van der Waals surface area contributed by atoms with E-state index < -0.39 is 0 Å². The van der Waals surface area contributed by atoms with Crippen molar-refractivity contribution in [2.24, 2.45) is 5.41 Å². The first kappa shape index (κ1) is 11.3. The molecule has 0 spiro atoms. The smallest absolute Gasteiger partial charge is 0.101 e. The number of benzene rings is 1. The molecule has 0 amide bonds. The Morgan fingerprint density at radius 2 is 1.69 bits per heavy atom. The molecule has 2 N–H and O–H groups in total. The van der Waals surface area contributed by atoms with Crippen molar-refractivity contribution in [3.63, 3.8) is 0 Å². The minimum atomic E-state index is 0.219. The maximum atomic E-state index is 3.56. The molecule has 1 heterocycles. The van der Waals surface area contributed by atoms with Crippen LogP contribution < -0.4 is 10.6 Å². The molecule has 0 fully saturated rings. The summed E-state index contributed by atoms with van der Waals surface area (Å²) >= 11 is 0. The normalized spacial score (nSPS) is 19.2. The van der Waals surface area contributed by atoms with E-state index in [1.807, 2.05) is 0 Å². The molecular weight excluding hydrogens is 196 g/mol. The van der Waals surface area contributed by atoms with Crippen LogP contribution in [0.4, 0.5) is 11.4 Å². The Balaban J connectivity index is 2.25. The number of anilines is 2. The van der Waals surface area contributed by atoms with E-state index >= 15 is 0 Å². The summed E-state index contributed by atoms with van der Waals surface area (Å²) in [5, 5.41) is 7.09. The molecule has 2 nitrogen and oxygen atoms in total. The summed E-state index contributed by atoms with van der Waals surface area (Å²) in [5.74, 6) is 0.584. The van der Waals surface area contributed by atoms with Crippen molar-refractivity contribution < 1.29 is 0 Å². The van der Waals surface area contributed by atoms with Gasteiger partial charge in [-0.25, -0.2) is 0 Å². The van der Waals surface area contributed by atoms with Crippen molar-refractivity contribution in [2.45, 2.75) is 46.7 Å². The van der Waals surface area contributed by atoms with Gasteiger partial charge < -0.3 is 10.6 Å². The van der Waals surface area contributed by atoms with Crippen LogP contribution >= 0.6 is 0 Å². The van der Waals surface area contributed by atoms with Gasteiger partial charge in [-0.1, -0.05) is 40.7 Å². The Morgan fingerprint density at radius 3 is 2.25 bits per heavy atom. The van der Waals surface area contributed by atoms with Crippen LogP contribution in [0.25, 0.3) is 0 Å². The summed E-state index contributed by atoms with van der Waals surface area (Å²) < 4.78 is 0. The lowest BCUT2D eigenvalue weighted by atomic mass is 9.93. The molecular formula is C14H22N2. The second-order valence-electron chi connectivity index (χ2n) is 6.05. The van der Waals surface area contributed by atoms with Gasteiger partial charge in [-0.05, 0) is 23.6 Å². The lowest BCUT2D eigenvalue weighted by molar-refractivity contribution is 0.372. The van der Waals surface area contributed by atoms with Crippen LogP contribution in [0.3, 0.4) is 0 Å². The molecule has 0 saturated heterocycles. The summed E-state index contributed by atoms with van der Waals surface area (Å²) in [7, 11) is 0. The molecule has 16 heavy (non-hydrogen) atoms. The Hall–Kier alpha value is -1.18. The van der Waals surface area contributed by atoms with Crippen molar-refractivity contribution in [2.75, 3.05) is 10.6 Å². The third-order valence-electron chi connectivity index (χ3n) is 3.18. The zero-order chi connectivity index (χ0) is 11.9. The average molecular weight is 218 g/mol. The summed E-state index contributed by atoms with van der Waals surface area (Å²) in [4.78, 5) is 0. The molecule has 1 aromatic carbocycles. The lowest BCUT2D eigenvalue weighted by Crippen LogP contribution is -2.36. The number of fused-ring (bicyclic) bond motifs is 1. The fourth-order valence-corrected chi connectivity index (χ4v) is 1.95. The van der Waals surface area contributed by atoms with E-state index in [-0.39, 0.29) is 5.41 Å². The minimum Gasteiger partial charge on any atom is -0.363 e. The van der Waals surface area contributed by atoms with Crippen LogP contribution in [0.1, 0.15) is 46.1 Å². The van der Waals surface area contributed by atoms with E-state index in [4.69, 9.17) is 0 Å². The summed E-state index contributed by atoms with van der Waals surface area (Å²) in [6.07, 6.45) is 0.324. The Labute approximate surface area is 98.4 Å². The van der Waals surface area contributed by atoms with Crippen LogP contribution in [-0.2, 0) is 0 Å². The van der Waals surface area contributed by atoms with E-state index in [9.17, 15) is 0 Å². The molecule has 1 aromatic rings. The van der Waals surface area contributed by atoms with Gasteiger partial charge in [0, 0.05) is 5.41 Å². The zero-order valence-corrected chi connectivity index (χ0v) is 10.9. The summed E-state index contributed by atoms with van der Waals surface area (Å²) in [6, 6.07) is 6.66. The maximum absolute atomic E-state index is 3.56. The van der Waals surface area contributed by atoms with Gasteiger partial charge in [-0.15, -0.1) is 0 Å². The molecule has 1 atom stereocenters. The van der Waals surface area contributed by atoms with E-state index in [1.54, 1.807) is 0 Å². The second-order valence-corrected chi connectivity index (χ2v) is 6.05. The third kappa shape index (κ3) is 2.01. The van der Waals surface area contributed by atoms with Crippen LogP contribution in [0.5, 0.6) is 0 Å². The first-order chi connectivity index (χ1) is 7.38. The highest BCUT2D eigenvalue weighted by molar-refractivity contribution is 5.75. The van der Waals surface area contributed by atoms with Gasteiger partial charge in [0.2, 0.25) is 0 Å². The first-order valence-corrected chi connectivity index (χ1v) is 6.05. The quantitative estimate of drug-likeness (QED) is 0.744. The molecule has 88 valence electrons. The van der Waals surface area contributed by atoms with Gasteiger partial charge in [0.05, 0.1) is 11.4 Å². The van der Waals surface area contributed by atoms with Crippen LogP contribution in [-0.4, -0.2) is 6.17 Å². The van der Waals surface area contributed by atoms with Crippen molar-refractivity contribution in [3.8, 4) is 0 Å². The van der Waals surface area contributed by atoms with Gasteiger partial charge in [0.15, 0.2) is 0 Å². The molecule has 2 heteroatoms. The lowest BCUT2D eigenvalue weighted by Gasteiger charge is -2.27. The molecule has 0 saturated carbocycles. The van der Waals surface area contributed by atoms with Gasteiger partial charge >= 0.3 is 0 Å². The molecule has 1 unspecified atom stereocenters. The predicted molar refractivity (Wildman–Crippen MR) is 71.0 cm³/mol. The molecule has 0 aliphatic carbocycles. The maximum Gasteiger partial charge on any atom is 0.101 e. The highest BCUT2D eigenvalue weighted by Crippen LogP contribution is 2.36. The first-order valence-electron chi connectivity index (χ1n) is 6.05. The fraction of sp³-hybridized carbons (Fsp3) is 0.571. The van der Waals surface area contributed by atoms with Gasteiger partial charge in [-0.3, -0.25) is 0 Å². The molecule has 0 bridgehead atoms. The van der Waals surface area contributed by atoms with E-state index in [1.165, 1.54) is 16.9 Å². The predicted octanol–water partition coefficient (Wildman–Crippen LogP) is 4.02. The second kappa shape index (κ2) is 3.69. The minimum absolute atomic E-state index is 0.219. The highest BCUT2D eigenvalue weighted by atomic mass is 15.2. The van der Waals surface area contributed by atoms with Crippen molar-refractivity contribution in [1.29, 1.82) is 0 Å². The molecule has 1 aliphatic rings. The number of rotatable bonds is 1. The standard InChI is InChI=1S/C14H22N2/c1-9(2)10-6-7-11-12(8-10)16-13(15-11)14(3,4)5/h6-9,13,15-16H,1-5H3. The van der Waals surface area contributed by atoms with E-state index in [0.29, 0.717) is 12.1 Å². The van der Waals surface area contributed by atoms with Gasteiger partial charge in [-0.2, -0.15) is 0 Å². The SMILES string of the molecule is CC(C)c1ccc2c(c1)NC(C(C)(C)C)N2. The molecule has 0 radical (unpaired) electrons. The Morgan fingerprint density at radius 1 is 1.06 bits per heavy atom. The molecule has 1 aliphatic heterocycles. The number of hydrogen-bond donors (Lipinski definition) is 2. The van der Waals surface area contributed by atoms with E-state index in [2.05, 4.69) is 63.5 Å². The molecule has 0 aromatic heterocycles. The van der Waals surface area contributed by atoms with Crippen LogP contribution in [0.15, 0.2) is 18.2 Å². The van der Waals surface area contributed by atoms with Crippen molar-refractivity contribution in [3.05, 3.63) is 23.8 Å². The summed E-state index contributed by atoms with van der Waals surface area (Å²) in [5.41, 5.74) is 4.08. The molecule has 2 rings (SSSR count). The summed E-state index contributed by atoms with van der Waals surface area (Å²) in [6.45, 7) is 11.2. The average Bonchev–Trinajstić information content (AvgIpc) is 2.58. The van der Waals surface area contributed by atoms with Gasteiger partial charge in [0.25, 0.3) is 0 Å². The van der Waals surface area contributed by atoms with Crippen LogP contribution in [0.2, 0.25) is 0 Å². The monoisotopic (exact) mass is 218 g/mol. The number of nitrogens with one attached hydrogen (secondary N) is 2. The van der Waals surface area contributed by atoms with E-state index in [0.717, 1.165) is 0 Å². The highest BCUT2D eigenvalue weighted by Gasteiger charge is 2.30. The Kier molecular flexibility index (Phi) is 2.61. The Bertz CT molecular complexity index is 388. The van der Waals surface area contributed by atoms with Crippen molar-refractivity contribution >= 4 is 11.4 Å². The topological polar surface area (TPSA) is 24.1 Å². The van der Waals surface area contributed by atoms with Gasteiger partial charge in [0.1, 0.15) is 6.17 Å².